The Morgan fingerprint density at radius 2 is 2.00 bits per heavy atom. The van der Waals surface area contributed by atoms with Gasteiger partial charge >= 0.3 is 0 Å². The van der Waals surface area contributed by atoms with Gasteiger partial charge in [0.1, 0.15) is 0 Å². The minimum Gasteiger partial charge on any atom is -0.275 e. The molecule has 1 heterocycles. The molecule has 0 bridgehead atoms. The van der Waals surface area contributed by atoms with Crippen LogP contribution in [0.5, 0.6) is 0 Å². The van der Waals surface area contributed by atoms with Crippen LogP contribution in [0.4, 0.5) is 0 Å². The second-order valence-electron chi connectivity index (χ2n) is 3.88. The Morgan fingerprint density at radius 1 is 1.31 bits per heavy atom. The lowest BCUT2D eigenvalue weighted by Crippen LogP contribution is -1.88. The number of nitrogens with zero attached hydrogens (tertiary/aromatic N) is 3. The van der Waals surface area contributed by atoms with Crippen LogP contribution in [0.25, 0.3) is 11.3 Å². The van der Waals surface area contributed by atoms with Crippen LogP contribution >= 0.6 is 0 Å². The Hall–Kier alpha value is -2.08. The van der Waals surface area contributed by atoms with Gasteiger partial charge in [-0.25, -0.2) is 0 Å². The van der Waals surface area contributed by atoms with E-state index in [1.807, 2.05) is 25.4 Å². The number of nitriles is 1. The van der Waals surface area contributed by atoms with E-state index in [0.717, 1.165) is 16.8 Å². The summed E-state index contributed by atoms with van der Waals surface area (Å²) in [5.41, 5.74) is 4.18. The van der Waals surface area contributed by atoms with Gasteiger partial charge in [-0.1, -0.05) is 29.8 Å². The smallest absolute Gasteiger partial charge is 0.0965 e. The molecule has 0 spiro atoms. The molecule has 1 aromatic carbocycles. The first-order chi connectivity index (χ1) is 7.70. The minimum absolute atomic E-state index is 0.400. The largest absolute Gasteiger partial charge is 0.275 e. The van der Waals surface area contributed by atoms with Crippen molar-refractivity contribution >= 4 is 0 Å². The lowest BCUT2D eigenvalue weighted by molar-refractivity contribution is 0.770. The molecule has 0 aliphatic rings. The third kappa shape index (κ3) is 1.96. The molecule has 2 rings (SSSR count). The SMILES string of the molecule is Cc1ccc(-c2nn(C)cc2CC#N)cc1. The van der Waals surface area contributed by atoms with E-state index in [1.54, 1.807) is 4.68 Å². The maximum Gasteiger partial charge on any atom is 0.0965 e. The second kappa shape index (κ2) is 4.19. The molecule has 0 radical (unpaired) electrons. The van der Waals surface area contributed by atoms with E-state index >= 15 is 0 Å². The summed E-state index contributed by atoms with van der Waals surface area (Å²) in [4.78, 5) is 0. The fourth-order valence-corrected chi connectivity index (χ4v) is 1.71. The zero-order valence-corrected chi connectivity index (χ0v) is 9.44. The number of hydrogen-bond acceptors (Lipinski definition) is 2. The fraction of sp³-hybridized carbons (Fsp3) is 0.231. The zero-order chi connectivity index (χ0) is 11.5. The van der Waals surface area contributed by atoms with E-state index in [9.17, 15) is 0 Å². The van der Waals surface area contributed by atoms with Gasteiger partial charge in [0.25, 0.3) is 0 Å². The molecule has 0 saturated carbocycles. The Labute approximate surface area is 94.9 Å². The van der Waals surface area contributed by atoms with Gasteiger partial charge in [0, 0.05) is 24.4 Å². The van der Waals surface area contributed by atoms with Crippen molar-refractivity contribution in [3.05, 3.63) is 41.6 Å². The molecule has 16 heavy (non-hydrogen) atoms. The van der Waals surface area contributed by atoms with Crippen LogP contribution in [0.3, 0.4) is 0 Å². The van der Waals surface area contributed by atoms with E-state index in [-0.39, 0.29) is 0 Å². The first-order valence-corrected chi connectivity index (χ1v) is 5.17. The third-order valence-corrected chi connectivity index (χ3v) is 2.50. The van der Waals surface area contributed by atoms with E-state index in [4.69, 9.17) is 5.26 Å². The van der Waals surface area contributed by atoms with Crippen molar-refractivity contribution in [2.45, 2.75) is 13.3 Å². The van der Waals surface area contributed by atoms with Crippen molar-refractivity contribution in [3.63, 3.8) is 0 Å². The highest BCUT2D eigenvalue weighted by Crippen LogP contribution is 2.22. The Bertz CT molecular complexity index is 529. The predicted molar refractivity (Wildman–Crippen MR) is 62.7 cm³/mol. The summed E-state index contributed by atoms with van der Waals surface area (Å²) in [5, 5.41) is 13.2. The summed E-state index contributed by atoms with van der Waals surface area (Å²) in [6.07, 6.45) is 2.30. The molecule has 0 N–H and O–H groups in total. The summed E-state index contributed by atoms with van der Waals surface area (Å²) < 4.78 is 1.75. The molecule has 0 unspecified atom stereocenters. The maximum absolute atomic E-state index is 8.76. The normalized spacial score (nSPS) is 10.1. The summed E-state index contributed by atoms with van der Waals surface area (Å²) in [6.45, 7) is 2.05. The molecule has 0 aliphatic carbocycles. The van der Waals surface area contributed by atoms with Crippen molar-refractivity contribution in [2.24, 2.45) is 7.05 Å². The van der Waals surface area contributed by atoms with E-state index in [0.29, 0.717) is 6.42 Å². The monoisotopic (exact) mass is 211 g/mol. The quantitative estimate of drug-likeness (QED) is 0.765. The summed E-state index contributed by atoms with van der Waals surface area (Å²) >= 11 is 0. The summed E-state index contributed by atoms with van der Waals surface area (Å²) in [7, 11) is 1.87. The van der Waals surface area contributed by atoms with Crippen LogP contribution in [-0.2, 0) is 13.5 Å². The second-order valence-corrected chi connectivity index (χ2v) is 3.88. The van der Waals surface area contributed by atoms with Crippen LogP contribution in [0, 0.1) is 18.3 Å². The summed E-state index contributed by atoms with van der Waals surface area (Å²) in [6, 6.07) is 10.4. The number of aryl methyl sites for hydroxylation is 2. The van der Waals surface area contributed by atoms with Crippen LogP contribution < -0.4 is 0 Å². The van der Waals surface area contributed by atoms with Crippen LogP contribution in [0.15, 0.2) is 30.5 Å². The highest BCUT2D eigenvalue weighted by Gasteiger charge is 2.09. The van der Waals surface area contributed by atoms with Crippen LogP contribution in [0.1, 0.15) is 11.1 Å². The lowest BCUT2D eigenvalue weighted by Gasteiger charge is -1.99. The fourth-order valence-electron chi connectivity index (χ4n) is 1.71. The van der Waals surface area contributed by atoms with Crippen LogP contribution in [-0.4, -0.2) is 9.78 Å². The molecular formula is C13H13N3. The van der Waals surface area contributed by atoms with Gasteiger partial charge in [0.15, 0.2) is 0 Å². The Balaban J connectivity index is 2.47. The molecule has 0 aliphatic heterocycles. The Kier molecular flexibility index (Phi) is 2.74. The molecule has 1 aromatic heterocycles. The van der Waals surface area contributed by atoms with Crippen molar-refractivity contribution < 1.29 is 0 Å². The average molecular weight is 211 g/mol. The third-order valence-electron chi connectivity index (χ3n) is 2.50. The standard InChI is InChI=1S/C13H13N3/c1-10-3-5-11(6-4-10)13-12(7-8-14)9-16(2)15-13/h3-6,9H,7H2,1-2H3. The van der Waals surface area contributed by atoms with Gasteiger partial charge in [-0.15, -0.1) is 0 Å². The number of benzene rings is 1. The predicted octanol–water partition coefficient (Wildman–Crippen LogP) is 2.46. The molecule has 0 saturated heterocycles. The highest BCUT2D eigenvalue weighted by molar-refractivity contribution is 5.63. The molecule has 0 atom stereocenters. The summed E-state index contributed by atoms with van der Waals surface area (Å²) in [5.74, 6) is 0. The highest BCUT2D eigenvalue weighted by atomic mass is 15.2. The van der Waals surface area contributed by atoms with Gasteiger partial charge in [0.05, 0.1) is 18.2 Å². The minimum atomic E-state index is 0.400. The van der Waals surface area contributed by atoms with Gasteiger partial charge in [-0.3, -0.25) is 4.68 Å². The number of rotatable bonds is 2. The van der Waals surface area contributed by atoms with E-state index < -0.39 is 0 Å². The van der Waals surface area contributed by atoms with Crippen molar-refractivity contribution in [1.29, 1.82) is 5.26 Å². The molecule has 2 aromatic rings. The number of aromatic nitrogens is 2. The lowest BCUT2D eigenvalue weighted by atomic mass is 10.1. The number of hydrogen-bond donors (Lipinski definition) is 0. The molecule has 3 nitrogen and oxygen atoms in total. The molecular weight excluding hydrogens is 198 g/mol. The van der Waals surface area contributed by atoms with Crippen molar-refractivity contribution in [3.8, 4) is 17.3 Å². The van der Waals surface area contributed by atoms with Crippen molar-refractivity contribution in [2.75, 3.05) is 0 Å². The molecule has 80 valence electrons. The van der Waals surface area contributed by atoms with Gasteiger partial charge in [-0.05, 0) is 6.92 Å². The molecule has 0 fully saturated rings. The first kappa shape index (κ1) is 10.4. The first-order valence-electron chi connectivity index (χ1n) is 5.17. The van der Waals surface area contributed by atoms with Gasteiger partial charge in [-0.2, -0.15) is 10.4 Å². The van der Waals surface area contributed by atoms with Crippen molar-refractivity contribution in [1.82, 2.24) is 9.78 Å². The average Bonchev–Trinajstić information content (AvgIpc) is 2.61. The van der Waals surface area contributed by atoms with Gasteiger partial charge in [0.2, 0.25) is 0 Å². The van der Waals surface area contributed by atoms with Crippen LogP contribution in [0.2, 0.25) is 0 Å². The van der Waals surface area contributed by atoms with Gasteiger partial charge < -0.3 is 0 Å². The zero-order valence-electron chi connectivity index (χ0n) is 9.44. The topological polar surface area (TPSA) is 41.6 Å². The van der Waals surface area contributed by atoms with E-state index in [1.165, 1.54) is 5.56 Å². The van der Waals surface area contributed by atoms with E-state index in [2.05, 4.69) is 30.2 Å². The molecule has 3 heteroatoms. The Morgan fingerprint density at radius 3 is 2.62 bits per heavy atom. The maximum atomic E-state index is 8.76. The molecule has 0 amide bonds.